The summed E-state index contributed by atoms with van der Waals surface area (Å²) in [4.78, 5) is 4.21. The first-order valence-corrected chi connectivity index (χ1v) is 6.35. The van der Waals surface area contributed by atoms with E-state index in [0.29, 0.717) is 17.9 Å². The van der Waals surface area contributed by atoms with Crippen molar-refractivity contribution in [1.82, 2.24) is 14.8 Å². The molecule has 1 N–H and O–H groups in total. The van der Waals surface area contributed by atoms with E-state index < -0.39 is 6.10 Å². The lowest BCUT2D eigenvalue weighted by atomic mass is 10.2. The highest BCUT2D eigenvalue weighted by atomic mass is 16.5. The Labute approximate surface area is 112 Å². The monoisotopic (exact) mass is 261 g/mol. The maximum Gasteiger partial charge on any atom is 0.171 e. The van der Waals surface area contributed by atoms with E-state index in [0.717, 1.165) is 17.1 Å². The number of hydrogen-bond acceptors (Lipinski definition) is 4. The average molecular weight is 261 g/mol. The van der Waals surface area contributed by atoms with Crippen LogP contribution in [0, 0.1) is 13.8 Å². The molecule has 0 fully saturated rings. The average Bonchev–Trinajstić information content (AvgIpc) is 2.65. The van der Waals surface area contributed by atoms with Gasteiger partial charge in [-0.3, -0.25) is 9.67 Å². The summed E-state index contributed by atoms with van der Waals surface area (Å²) in [5.41, 5.74) is 2.47. The number of hydrogen-bond donors (Lipinski definition) is 1. The number of aryl methyl sites for hydroxylation is 2. The predicted molar refractivity (Wildman–Crippen MR) is 72.2 cm³/mol. The van der Waals surface area contributed by atoms with Gasteiger partial charge in [0.25, 0.3) is 0 Å². The Kier molecular flexibility index (Phi) is 3.85. The van der Waals surface area contributed by atoms with Crippen LogP contribution < -0.4 is 4.74 Å². The Hall–Kier alpha value is -1.88. The fourth-order valence-electron chi connectivity index (χ4n) is 1.88. The summed E-state index contributed by atoms with van der Waals surface area (Å²) in [6.07, 6.45) is 1.75. The standard InChI is InChI=1S/C14H19N3O2/c1-5-13(18)12-7-6-11(8-15-12)19-14-9(2)16-17(4)10(14)3/h6-8,13,18H,5H2,1-4H3/t13-/m1/s1. The van der Waals surface area contributed by atoms with Crippen molar-refractivity contribution in [3.8, 4) is 11.5 Å². The third kappa shape index (κ3) is 2.76. The van der Waals surface area contributed by atoms with Crippen molar-refractivity contribution in [2.75, 3.05) is 0 Å². The Morgan fingerprint density at radius 2 is 2.11 bits per heavy atom. The first-order valence-electron chi connectivity index (χ1n) is 6.35. The van der Waals surface area contributed by atoms with E-state index in [4.69, 9.17) is 4.74 Å². The second kappa shape index (κ2) is 5.40. The predicted octanol–water partition coefficient (Wildman–Crippen LogP) is 2.67. The van der Waals surface area contributed by atoms with Gasteiger partial charge in [-0.1, -0.05) is 6.92 Å². The number of nitrogens with zero attached hydrogens (tertiary/aromatic N) is 3. The molecule has 0 saturated carbocycles. The summed E-state index contributed by atoms with van der Waals surface area (Å²) in [7, 11) is 1.88. The van der Waals surface area contributed by atoms with Gasteiger partial charge in [0.1, 0.15) is 11.4 Å². The first kappa shape index (κ1) is 13.5. The number of aromatic nitrogens is 3. The van der Waals surface area contributed by atoms with Gasteiger partial charge in [0.15, 0.2) is 5.75 Å². The van der Waals surface area contributed by atoms with Crippen LogP contribution in [-0.2, 0) is 7.05 Å². The van der Waals surface area contributed by atoms with Gasteiger partial charge >= 0.3 is 0 Å². The highest BCUT2D eigenvalue weighted by Crippen LogP contribution is 2.28. The lowest BCUT2D eigenvalue weighted by Gasteiger charge is -2.09. The van der Waals surface area contributed by atoms with E-state index in [2.05, 4.69) is 10.1 Å². The molecular formula is C14H19N3O2. The minimum Gasteiger partial charge on any atom is -0.452 e. The Balaban J connectivity index is 2.20. The molecule has 5 heteroatoms. The molecule has 0 bridgehead atoms. The lowest BCUT2D eigenvalue weighted by molar-refractivity contribution is 0.169. The fourth-order valence-corrected chi connectivity index (χ4v) is 1.88. The molecule has 102 valence electrons. The van der Waals surface area contributed by atoms with Gasteiger partial charge in [-0.25, -0.2) is 0 Å². The zero-order chi connectivity index (χ0) is 14.0. The molecular weight excluding hydrogens is 242 g/mol. The molecule has 0 aliphatic rings. The SMILES string of the molecule is CC[C@@H](O)c1ccc(Oc2c(C)nn(C)c2C)cn1. The molecule has 19 heavy (non-hydrogen) atoms. The van der Waals surface area contributed by atoms with Crippen LogP contribution in [0.3, 0.4) is 0 Å². The van der Waals surface area contributed by atoms with Crippen LogP contribution in [0.5, 0.6) is 11.5 Å². The third-order valence-corrected chi connectivity index (χ3v) is 3.15. The number of pyridine rings is 1. The molecule has 0 aliphatic carbocycles. The summed E-state index contributed by atoms with van der Waals surface area (Å²) in [6.45, 7) is 5.78. The zero-order valence-corrected chi connectivity index (χ0v) is 11.7. The van der Waals surface area contributed by atoms with E-state index in [1.165, 1.54) is 0 Å². The molecule has 0 aliphatic heterocycles. The highest BCUT2D eigenvalue weighted by molar-refractivity contribution is 5.36. The second-order valence-corrected chi connectivity index (χ2v) is 4.57. The summed E-state index contributed by atoms with van der Waals surface area (Å²) < 4.78 is 7.59. The molecule has 2 aromatic heterocycles. The van der Waals surface area contributed by atoms with Crippen LogP contribution in [0.25, 0.3) is 0 Å². The molecule has 5 nitrogen and oxygen atoms in total. The molecule has 0 radical (unpaired) electrons. The van der Waals surface area contributed by atoms with Crippen molar-refractivity contribution < 1.29 is 9.84 Å². The van der Waals surface area contributed by atoms with Gasteiger partial charge in [0.05, 0.1) is 23.7 Å². The molecule has 1 atom stereocenters. The normalized spacial score (nSPS) is 12.5. The first-order chi connectivity index (χ1) is 9.02. The summed E-state index contributed by atoms with van der Waals surface area (Å²) in [6, 6.07) is 3.59. The summed E-state index contributed by atoms with van der Waals surface area (Å²) in [5, 5.41) is 14.0. The largest absolute Gasteiger partial charge is 0.452 e. The Bertz CT molecular complexity index is 561. The number of ether oxygens (including phenoxy) is 1. The highest BCUT2D eigenvalue weighted by Gasteiger charge is 2.12. The van der Waals surface area contributed by atoms with Crippen LogP contribution in [0.2, 0.25) is 0 Å². The molecule has 0 aromatic carbocycles. The molecule has 0 amide bonds. The van der Waals surface area contributed by atoms with Crippen LogP contribution in [-0.4, -0.2) is 19.9 Å². The van der Waals surface area contributed by atoms with Gasteiger partial charge in [0.2, 0.25) is 0 Å². The van der Waals surface area contributed by atoms with Crippen molar-refractivity contribution >= 4 is 0 Å². The van der Waals surface area contributed by atoms with E-state index in [-0.39, 0.29) is 0 Å². The zero-order valence-electron chi connectivity index (χ0n) is 11.7. The third-order valence-electron chi connectivity index (χ3n) is 3.15. The topological polar surface area (TPSA) is 60.2 Å². The second-order valence-electron chi connectivity index (χ2n) is 4.57. The number of aliphatic hydroxyl groups is 1. The van der Waals surface area contributed by atoms with Crippen LogP contribution >= 0.6 is 0 Å². The Morgan fingerprint density at radius 1 is 1.37 bits per heavy atom. The smallest absolute Gasteiger partial charge is 0.171 e. The van der Waals surface area contributed by atoms with Gasteiger partial charge in [-0.05, 0) is 32.4 Å². The number of rotatable bonds is 4. The summed E-state index contributed by atoms with van der Waals surface area (Å²) >= 11 is 0. The lowest BCUT2D eigenvalue weighted by Crippen LogP contribution is -1.98. The van der Waals surface area contributed by atoms with Crippen molar-refractivity contribution in [2.45, 2.75) is 33.3 Å². The maximum atomic E-state index is 9.68. The van der Waals surface area contributed by atoms with E-state index in [9.17, 15) is 5.11 Å². The van der Waals surface area contributed by atoms with Gasteiger partial charge in [0, 0.05) is 7.05 Å². The van der Waals surface area contributed by atoms with E-state index >= 15 is 0 Å². The molecule has 0 spiro atoms. The number of aliphatic hydroxyl groups excluding tert-OH is 1. The Morgan fingerprint density at radius 3 is 2.58 bits per heavy atom. The van der Waals surface area contributed by atoms with Crippen LogP contribution in [0.15, 0.2) is 18.3 Å². The van der Waals surface area contributed by atoms with E-state index in [1.54, 1.807) is 16.9 Å². The molecule has 2 heterocycles. The van der Waals surface area contributed by atoms with Crippen molar-refractivity contribution in [3.63, 3.8) is 0 Å². The van der Waals surface area contributed by atoms with Gasteiger partial charge in [-0.15, -0.1) is 0 Å². The van der Waals surface area contributed by atoms with Crippen LogP contribution in [0.1, 0.15) is 36.5 Å². The molecule has 2 rings (SSSR count). The van der Waals surface area contributed by atoms with Gasteiger partial charge in [-0.2, -0.15) is 5.10 Å². The fraction of sp³-hybridized carbons (Fsp3) is 0.429. The van der Waals surface area contributed by atoms with Crippen molar-refractivity contribution in [3.05, 3.63) is 35.4 Å². The minimum atomic E-state index is -0.518. The molecule has 0 saturated heterocycles. The van der Waals surface area contributed by atoms with E-state index in [1.807, 2.05) is 33.9 Å². The van der Waals surface area contributed by atoms with Crippen molar-refractivity contribution in [2.24, 2.45) is 7.05 Å². The molecule has 2 aromatic rings. The van der Waals surface area contributed by atoms with Crippen molar-refractivity contribution in [1.29, 1.82) is 0 Å². The maximum absolute atomic E-state index is 9.68. The summed E-state index contributed by atoms with van der Waals surface area (Å²) in [5.74, 6) is 1.40. The van der Waals surface area contributed by atoms with Crippen LogP contribution in [0.4, 0.5) is 0 Å². The molecule has 0 unspecified atom stereocenters. The quantitative estimate of drug-likeness (QED) is 0.919. The van der Waals surface area contributed by atoms with Gasteiger partial charge < -0.3 is 9.84 Å². The minimum absolute atomic E-state index is 0.518.